The molecule has 1 aliphatic rings. The van der Waals surface area contributed by atoms with Crippen molar-refractivity contribution in [3.05, 3.63) is 65.2 Å². The summed E-state index contributed by atoms with van der Waals surface area (Å²) < 4.78 is 5.50. The molecule has 0 spiro atoms. The highest BCUT2D eigenvalue weighted by atomic mass is 16.5. The lowest BCUT2D eigenvalue weighted by atomic mass is 9.92. The Morgan fingerprint density at radius 1 is 1.07 bits per heavy atom. The van der Waals surface area contributed by atoms with Crippen LogP contribution < -0.4 is 4.74 Å². The van der Waals surface area contributed by atoms with Crippen LogP contribution in [0.4, 0.5) is 0 Å². The number of hydrogen-bond donors (Lipinski definition) is 1. The SMILES string of the molecule is C#CCOc1ccccc1/C=C1\C(=O)N(CC(=O)O)C(=O)c2ccccc21. The predicted octanol–water partition coefficient (Wildman–Crippen LogP) is 2.31. The van der Waals surface area contributed by atoms with Crippen LogP contribution in [-0.4, -0.2) is 40.9 Å². The van der Waals surface area contributed by atoms with E-state index in [0.29, 0.717) is 16.9 Å². The molecule has 0 unspecified atom stereocenters. The van der Waals surface area contributed by atoms with Gasteiger partial charge >= 0.3 is 5.97 Å². The number of benzene rings is 2. The number of aliphatic carboxylic acids is 1. The lowest BCUT2D eigenvalue weighted by molar-refractivity contribution is -0.141. The normalized spacial score (nSPS) is 14.6. The summed E-state index contributed by atoms with van der Waals surface area (Å²) in [4.78, 5) is 37.2. The van der Waals surface area contributed by atoms with Crippen molar-refractivity contribution in [2.75, 3.05) is 13.2 Å². The second kappa shape index (κ2) is 7.58. The minimum absolute atomic E-state index is 0.0638. The van der Waals surface area contributed by atoms with Crippen molar-refractivity contribution < 1.29 is 24.2 Å². The monoisotopic (exact) mass is 361 g/mol. The molecular formula is C21H15NO5. The fourth-order valence-corrected chi connectivity index (χ4v) is 2.83. The zero-order valence-electron chi connectivity index (χ0n) is 14.2. The Morgan fingerprint density at radius 2 is 1.74 bits per heavy atom. The molecule has 0 aliphatic carbocycles. The number of rotatable bonds is 5. The van der Waals surface area contributed by atoms with Gasteiger partial charge in [-0.3, -0.25) is 19.3 Å². The van der Waals surface area contributed by atoms with Crippen LogP contribution in [-0.2, 0) is 9.59 Å². The molecule has 0 saturated heterocycles. The topological polar surface area (TPSA) is 83.9 Å². The van der Waals surface area contributed by atoms with Crippen LogP contribution in [0.25, 0.3) is 11.6 Å². The molecule has 6 nitrogen and oxygen atoms in total. The summed E-state index contributed by atoms with van der Waals surface area (Å²) >= 11 is 0. The molecule has 2 aromatic rings. The minimum atomic E-state index is -1.27. The van der Waals surface area contributed by atoms with Crippen molar-refractivity contribution in [1.29, 1.82) is 0 Å². The van der Waals surface area contributed by atoms with Crippen molar-refractivity contribution in [3.8, 4) is 18.1 Å². The number of para-hydroxylation sites is 1. The van der Waals surface area contributed by atoms with Crippen molar-refractivity contribution in [1.82, 2.24) is 4.90 Å². The van der Waals surface area contributed by atoms with Gasteiger partial charge in [-0.1, -0.05) is 42.3 Å². The highest BCUT2D eigenvalue weighted by Gasteiger charge is 2.35. The van der Waals surface area contributed by atoms with Gasteiger partial charge in [-0.15, -0.1) is 6.42 Å². The van der Waals surface area contributed by atoms with Crippen LogP contribution in [0.3, 0.4) is 0 Å². The second-order valence-electron chi connectivity index (χ2n) is 5.72. The lowest BCUT2D eigenvalue weighted by Gasteiger charge is -2.27. The molecule has 2 aromatic carbocycles. The fourth-order valence-electron chi connectivity index (χ4n) is 2.83. The number of fused-ring (bicyclic) bond motifs is 1. The zero-order valence-corrected chi connectivity index (χ0v) is 14.2. The molecule has 0 atom stereocenters. The van der Waals surface area contributed by atoms with Crippen LogP contribution >= 0.6 is 0 Å². The number of carboxylic acid groups (broad SMARTS) is 1. The van der Waals surface area contributed by atoms with E-state index >= 15 is 0 Å². The van der Waals surface area contributed by atoms with Gasteiger partial charge in [0.2, 0.25) is 0 Å². The van der Waals surface area contributed by atoms with E-state index in [1.165, 1.54) is 0 Å². The Kier molecular flexibility index (Phi) is 5.04. The average Bonchev–Trinajstić information content (AvgIpc) is 2.67. The number of carbonyl (C=O) groups excluding carboxylic acids is 2. The first-order valence-electron chi connectivity index (χ1n) is 8.07. The van der Waals surface area contributed by atoms with E-state index in [2.05, 4.69) is 5.92 Å². The highest BCUT2D eigenvalue weighted by molar-refractivity contribution is 6.34. The fraction of sp³-hybridized carbons (Fsp3) is 0.0952. The van der Waals surface area contributed by atoms with Crippen molar-refractivity contribution in [3.63, 3.8) is 0 Å². The van der Waals surface area contributed by atoms with Gasteiger partial charge < -0.3 is 9.84 Å². The smallest absolute Gasteiger partial charge is 0.323 e. The summed E-state index contributed by atoms with van der Waals surface area (Å²) in [6.07, 6.45) is 6.81. The van der Waals surface area contributed by atoms with Gasteiger partial charge in [0.15, 0.2) is 0 Å². The summed E-state index contributed by atoms with van der Waals surface area (Å²) in [6.45, 7) is -0.646. The molecule has 1 N–H and O–H groups in total. The van der Waals surface area contributed by atoms with E-state index < -0.39 is 24.3 Å². The van der Waals surface area contributed by atoms with Gasteiger partial charge in [0.05, 0.1) is 0 Å². The standard InChI is InChI=1S/C21H15NO5/c1-2-11-27-18-10-6-3-7-14(18)12-17-15-8-4-5-9-16(15)20(25)22(21(17)26)13-19(23)24/h1,3-10,12H,11,13H2,(H,23,24)/b17-12-. The molecule has 27 heavy (non-hydrogen) atoms. The molecule has 1 heterocycles. The molecule has 3 rings (SSSR count). The average molecular weight is 361 g/mol. The quantitative estimate of drug-likeness (QED) is 0.502. The Labute approximate surface area is 155 Å². The maximum absolute atomic E-state index is 12.9. The third-order valence-electron chi connectivity index (χ3n) is 3.99. The van der Waals surface area contributed by atoms with E-state index in [0.717, 1.165) is 4.90 Å². The molecule has 0 radical (unpaired) electrons. The molecule has 0 fully saturated rings. The Balaban J connectivity index is 2.14. The number of terminal acetylenes is 1. The number of nitrogens with zero attached hydrogens (tertiary/aromatic N) is 1. The molecule has 2 amide bonds. The third-order valence-corrected chi connectivity index (χ3v) is 3.99. The first-order valence-corrected chi connectivity index (χ1v) is 8.07. The van der Waals surface area contributed by atoms with Crippen LogP contribution in [0.1, 0.15) is 21.5 Å². The number of carboxylic acids is 1. The molecule has 6 heteroatoms. The zero-order chi connectivity index (χ0) is 19.4. The van der Waals surface area contributed by atoms with E-state index in [1.807, 2.05) is 0 Å². The molecule has 0 saturated carbocycles. The van der Waals surface area contributed by atoms with Crippen LogP contribution in [0.5, 0.6) is 5.75 Å². The summed E-state index contributed by atoms with van der Waals surface area (Å²) in [5, 5.41) is 9.06. The lowest BCUT2D eigenvalue weighted by Crippen LogP contribution is -2.44. The van der Waals surface area contributed by atoms with Crippen molar-refractivity contribution >= 4 is 29.4 Å². The molecule has 0 aromatic heterocycles. The summed E-state index contributed by atoms with van der Waals surface area (Å²) in [5.74, 6) is 0.283. The van der Waals surface area contributed by atoms with Gasteiger partial charge in [0.25, 0.3) is 11.8 Å². The number of ether oxygens (including phenoxy) is 1. The Morgan fingerprint density at radius 3 is 2.44 bits per heavy atom. The molecule has 0 bridgehead atoms. The second-order valence-corrected chi connectivity index (χ2v) is 5.72. The number of imide groups is 1. The van der Waals surface area contributed by atoms with Crippen molar-refractivity contribution in [2.45, 2.75) is 0 Å². The predicted molar refractivity (Wildman–Crippen MR) is 98.8 cm³/mol. The summed E-state index contributed by atoms with van der Waals surface area (Å²) in [7, 11) is 0. The molecule has 1 aliphatic heterocycles. The molecule has 134 valence electrons. The van der Waals surface area contributed by atoms with Crippen LogP contribution in [0.15, 0.2) is 48.5 Å². The van der Waals surface area contributed by atoms with Gasteiger partial charge in [-0.2, -0.15) is 0 Å². The first kappa shape index (κ1) is 18.0. The maximum Gasteiger partial charge on any atom is 0.323 e. The summed E-state index contributed by atoms with van der Waals surface area (Å²) in [5.41, 5.74) is 1.52. The summed E-state index contributed by atoms with van der Waals surface area (Å²) in [6, 6.07) is 13.6. The van der Waals surface area contributed by atoms with E-state index in [-0.39, 0.29) is 17.7 Å². The van der Waals surface area contributed by atoms with Gasteiger partial charge in [0, 0.05) is 16.7 Å². The number of amides is 2. The Hall–Kier alpha value is -3.85. The van der Waals surface area contributed by atoms with E-state index in [4.69, 9.17) is 16.3 Å². The first-order chi connectivity index (χ1) is 13.0. The highest BCUT2D eigenvalue weighted by Crippen LogP contribution is 2.32. The van der Waals surface area contributed by atoms with Crippen LogP contribution in [0, 0.1) is 12.3 Å². The maximum atomic E-state index is 12.9. The minimum Gasteiger partial charge on any atom is -0.480 e. The van der Waals surface area contributed by atoms with Gasteiger partial charge in [0.1, 0.15) is 18.9 Å². The van der Waals surface area contributed by atoms with E-state index in [9.17, 15) is 14.4 Å². The van der Waals surface area contributed by atoms with Crippen LogP contribution in [0.2, 0.25) is 0 Å². The molecular weight excluding hydrogens is 346 g/mol. The number of hydrogen-bond acceptors (Lipinski definition) is 4. The van der Waals surface area contributed by atoms with E-state index in [1.54, 1.807) is 54.6 Å². The van der Waals surface area contributed by atoms with Gasteiger partial charge in [-0.05, 0) is 23.8 Å². The number of carbonyl (C=O) groups is 3. The Bertz CT molecular complexity index is 1000. The van der Waals surface area contributed by atoms with Crippen molar-refractivity contribution in [2.24, 2.45) is 0 Å². The van der Waals surface area contributed by atoms with Gasteiger partial charge in [-0.25, -0.2) is 0 Å². The largest absolute Gasteiger partial charge is 0.480 e. The third kappa shape index (κ3) is 3.58.